The van der Waals surface area contributed by atoms with Crippen molar-refractivity contribution in [2.24, 2.45) is 0 Å². The van der Waals surface area contributed by atoms with Crippen molar-refractivity contribution in [3.8, 4) is 0 Å². The van der Waals surface area contributed by atoms with E-state index in [0.717, 1.165) is 42.0 Å². The molecule has 22 heavy (non-hydrogen) atoms. The lowest BCUT2D eigenvalue weighted by Gasteiger charge is -2.21. The minimum absolute atomic E-state index is 0.0147. The van der Waals surface area contributed by atoms with E-state index < -0.39 is 0 Å². The maximum atomic E-state index is 12.5. The van der Waals surface area contributed by atoms with Crippen molar-refractivity contribution in [2.45, 2.75) is 26.2 Å². The third kappa shape index (κ3) is 3.47. The number of nitrogens with one attached hydrogen (secondary N) is 1. The normalized spacial score (nSPS) is 14.3. The molecule has 0 atom stereocenters. The van der Waals surface area contributed by atoms with Crippen LogP contribution in [0.4, 0.5) is 5.69 Å². The van der Waals surface area contributed by atoms with Gasteiger partial charge in [0.1, 0.15) is 0 Å². The van der Waals surface area contributed by atoms with E-state index in [2.05, 4.69) is 27.3 Å². The second-order valence-corrected chi connectivity index (χ2v) is 6.42. The van der Waals surface area contributed by atoms with Gasteiger partial charge in [0.25, 0.3) is 5.91 Å². The van der Waals surface area contributed by atoms with Crippen LogP contribution in [0.5, 0.6) is 0 Å². The van der Waals surface area contributed by atoms with Gasteiger partial charge in [-0.15, -0.1) is 11.3 Å². The van der Waals surface area contributed by atoms with E-state index in [1.165, 1.54) is 12.8 Å². The molecule has 0 bridgehead atoms. The fourth-order valence-electron chi connectivity index (χ4n) is 2.83. The number of hydrogen-bond acceptors (Lipinski definition) is 4. The second kappa shape index (κ2) is 6.92. The van der Waals surface area contributed by atoms with Gasteiger partial charge in [-0.05, 0) is 31.9 Å². The standard InChI is InChI=1S/C17H21N3OS/c1-13-4-5-16(20-8-2-3-9-20)15(10-13)17(21)18-7-6-14-11-22-12-19-14/h4-5,10-12H,2-3,6-9H2,1H3,(H,18,21). The van der Waals surface area contributed by atoms with Gasteiger partial charge in [0.15, 0.2) is 0 Å². The Bertz CT molecular complexity index is 633. The molecular formula is C17H21N3OS. The molecule has 1 fully saturated rings. The van der Waals surface area contributed by atoms with E-state index in [-0.39, 0.29) is 5.91 Å². The zero-order valence-electron chi connectivity index (χ0n) is 12.8. The van der Waals surface area contributed by atoms with Gasteiger partial charge in [0.2, 0.25) is 0 Å². The highest BCUT2D eigenvalue weighted by atomic mass is 32.1. The predicted octanol–water partition coefficient (Wildman–Crippen LogP) is 3.02. The van der Waals surface area contributed by atoms with Crippen molar-refractivity contribution in [1.82, 2.24) is 10.3 Å². The number of amides is 1. The Morgan fingerprint density at radius 3 is 2.91 bits per heavy atom. The Hall–Kier alpha value is -1.88. The summed E-state index contributed by atoms with van der Waals surface area (Å²) in [5.41, 5.74) is 5.83. The first-order valence-electron chi connectivity index (χ1n) is 7.75. The Balaban J connectivity index is 1.69. The lowest BCUT2D eigenvalue weighted by atomic mass is 10.1. The summed E-state index contributed by atoms with van der Waals surface area (Å²) in [5.74, 6) is 0.0147. The number of rotatable bonds is 5. The van der Waals surface area contributed by atoms with Gasteiger partial charge in [0.05, 0.1) is 16.8 Å². The highest BCUT2D eigenvalue weighted by molar-refractivity contribution is 7.07. The number of carbonyl (C=O) groups is 1. The first-order chi connectivity index (χ1) is 10.7. The zero-order chi connectivity index (χ0) is 15.4. The number of benzene rings is 1. The van der Waals surface area contributed by atoms with Crippen LogP contribution in [0, 0.1) is 6.92 Å². The fraction of sp³-hybridized carbons (Fsp3) is 0.412. The van der Waals surface area contributed by atoms with E-state index in [0.29, 0.717) is 6.54 Å². The van der Waals surface area contributed by atoms with Crippen molar-refractivity contribution in [3.05, 3.63) is 45.9 Å². The summed E-state index contributed by atoms with van der Waals surface area (Å²) in [5, 5.41) is 5.05. The third-order valence-corrected chi connectivity index (χ3v) is 4.63. The van der Waals surface area contributed by atoms with Gasteiger partial charge in [-0.1, -0.05) is 11.6 Å². The Kier molecular flexibility index (Phi) is 4.73. The van der Waals surface area contributed by atoms with Gasteiger partial charge in [-0.25, -0.2) is 4.98 Å². The number of anilines is 1. The van der Waals surface area contributed by atoms with Crippen LogP contribution in [-0.4, -0.2) is 30.5 Å². The van der Waals surface area contributed by atoms with E-state index in [9.17, 15) is 4.79 Å². The van der Waals surface area contributed by atoms with E-state index in [1.54, 1.807) is 11.3 Å². The lowest BCUT2D eigenvalue weighted by molar-refractivity contribution is 0.0954. The van der Waals surface area contributed by atoms with Crippen LogP contribution >= 0.6 is 11.3 Å². The third-order valence-electron chi connectivity index (χ3n) is 3.99. The number of aromatic nitrogens is 1. The maximum absolute atomic E-state index is 12.5. The van der Waals surface area contributed by atoms with Crippen molar-refractivity contribution in [1.29, 1.82) is 0 Å². The van der Waals surface area contributed by atoms with Crippen LogP contribution in [0.2, 0.25) is 0 Å². The summed E-state index contributed by atoms with van der Waals surface area (Å²) in [4.78, 5) is 19.1. The second-order valence-electron chi connectivity index (χ2n) is 5.70. The number of carbonyl (C=O) groups excluding carboxylic acids is 1. The van der Waals surface area contributed by atoms with Crippen LogP contribution in [0.15, 0.2) is 29.1 Å². The van der Waals surface area contributed by atoms with Crippen molar-refractivity contribution in [2.75, 3.05) is 24.5 Å². The smallest absolute Gasteiger partial charge is 0.253 e. The van der Waals surface area contributed by atoms with Crippen molar-refractivity contribution < 1.29 is 4.79 Å². The largest absolute Gasteiger partial charge is 0.371 e. The molecule has 1 N–H and O–H groups in total. The first kappa shape index (κ1) is 15.0. The van der Waals surface area contributed by atoms with Crippen LogP contribution < -0.4 is 10.2 Å². The fourth-order valence-corrected chi connectivity index (χ4v) is 3.42. The Morgan fingerprint density at radius 1 is 1.36 bits per heavy atom. The molecule has 5 heteroatoms. The van der Waals surface area contributed by atoms with Crippen LogP contribution in [0.25, 0.3) is 0 Å². The van der Waals surface area contributed by atoms with Crippen LogP contribution in [0.1, 0.15) is 34.5 Å². The molecular weight excluding hydrogens is 294 g/mol. The number of thiazole rings is 1. The van der Waals surface area contributed by atoms with E-state index in [4.69, 9.17) is 0 Å². The van der Waals surface area contributed by atoms with Gasteiger partial charge in [-0.2, -0.15) is 0 Å². The maximum Gasteiger partial charge on any atom is 0.253 e. The molecule has 116 valence electrons. The predicted molar refractivity (Wildman–Crippen MR) is 90.8 cm³/mol. The quantitative estimate of drug-likeness (QED) is 0.922. The topological polar surface area (TPSA) is 45.2 Å². The summed E-state index contributed by atoms with van der Waals surface area (Å²) in [6.07, 6.45) is 3.19. The Labute approximate surface area is 135 Å². The first-order valence-corrected chi connectivity index (χ1v) is 8.69. The molecule has 0 spiro atoms. The summed E-state index contributed by atoms with van der Waals surface area (Å²) in [7, 11) is 0. The molecule has 2 heterocycles. The summed E-state index contributed by atoms with van der Waals surface area (Å²) < 4.78 is 0. The number of nitrogens with zero attached hydrogens (tertiary/aromatic N) is 2. The average molecular weight is 315 g/mol. The van der Waals surface area contributed by atoms with Crippen molar-refractivity contribution >= 4 is 22.9 Å². The molecule has 3 rings (SSSR count). The molecule has 0 unspecified atom stereocenters. The molecule has 1 saturated heterocycles. The highest BCUT2D eigenvalue weighted by Crippen LogP contribution is 2.25. The van der Waals surface area contributed by atoms with Gasteiger partial charge < -0.3 is 10.2 Å². The molecule has 1 aromatic heterocycles. The summed E-state index contributed by atoms with van der Waals surface area (Å²) in [6, 6.07) is 6.15. The zero-order valence-corrected chi connectivity index (χ0v) is 13.7. The SMILES string of the molecule is Cc1ccc(N2CCCC2)c(C(=O)NCCc2cscn2)c1. The molecule has 1 aliphatic rings. The molecule has 1 aliphatic heterocycles. The van der Waals surface area contributed by atoms with Gasteiger partial charge in [0, 0.05) is 37.1 Å². The van der Waals surface area contributed by atoms with Crippen molar-refractivity contribution in [3.63, 3.8) is 0 Å². The van der Waals surface area contributed by atoms with E-state index in [1.807, 2.05) is 23.9 Å². The lowest BCUT2D eigenvalue weighted by Crippen LogP contribution is -2.29. The van der Waals surface area contributed by atoms with Gasteiger partial charge in [-0.3, -0.25) is 4.79 Å². The molecule has 0 saturated carbocycles. The minimum Gasteiger partial charge on any atom is -0.371 e. The molecule has 0 aliphatic carbocycles. The van der Waals surface area contributed by atoms with E-state index >= 15 is 0 Å². The van der Waals surface area contributed by atoms with Crippen LogP contribution in [0.3, 0.4) is 0 Å². The van der Waals surface area contributed by atoms with Gasteiger partial charge >= 0.3 is 0 Å². The molecule has 2 aromatic rings. The number of hydrogen-bond donors (Lipinski definition) is 1. The summed E-state index contributed by atoms with van der Waals surface area (Å²) >= 11 is 1.59. The Morgan fingerprint density at radius 2 is 2.18 bits per heavy atom. The molecule has 1 amide bonds. The highest BCUT2D eigenvalue weighted by Gasteiger charge is 2.19. The monoisotopic (exact) mass is 315 g/mol. The minimum atomic E-state index is 0.0147. The molecule has 0 radical (unpaired) electrons. The molecule has 1 aromatic carbocycles. The number of aryl methyl sites for hydroxylation is 1. The average Bonchev–Trinajstić information content (AvgIpc) is 3.20. The summed E-state index contributed by atoms with van der Waals surface area (Å²) in [6.45, 7) is 4.74. The molecule has 4 nitrogen and oxygen atoms in total. The van der Waals surface area contributed by atoms with Crippen LogP contribution in [-0.2, 0) is 6.42 Å².